The van der Waals surface area contributed by atoms with Crippen LogP contribution in [0.4, 0.5) is 5.13 Å². The van der Waals surface area contributed by atoms with Crippen LogP contribution in [0.1, 0.15) is 23.8 Å². The smallest absolute Gasteiger partial charge is 0.329 e. The van der Waals surface area contributed by atoms with Gasteiger partial charge in [-0.3, -0.25) is 10.1 Å². The summed E-state index contributed by atoms with van der Waals surface area (Å²) in [5, 5.41) is 20.0. The van der Waals surface area contributed by atoms with Crippen LogP contribution in [0.2, 0.25) is 0 Å². The number of carbonyl (C=O) groups is 2. The van der Waals surface area contributed by atoms with E-state index in [4.69, 9.17) is 5.11 Å². The van der Waals surface area contributed by atoms with Crippen LogP contribution in [-0.2, 0) is 14.3 Å². The average Bonchev–Trinajstić information content (AvgIpc) is 3.00. The predicted octanol–water partition coefficient (Wildman–Crippen LogP) is 0.455. The summed E-state index contributed by atoms with van der Waals surface area (Å²) in [4.78, 5) is 21.4. The highest BCUT2D eigenvalue weighted by Gasteiger charge is 2.27. The number of hydrogen-bond acceptors (Lipinski definition) is 6. The van der Waals surface area contributed by atoms with Crippen LogP contribution in [0.5, 0.6) is 0 Å². The first-order valence-electron chi connectivity index (χ1n) is 5.08. The van der Waals surface area contributed by atoms with Gasteiger partial charge in [0.15, 0.2) is 0 Å². The van der Waals surface area contributed by atoms with Gasteiger partial charge in [-0.1, -0.05) is 11.3 Å². The molecular weight excluding hydrogens is 246 g/mol. The summed E-state index contributed by atoms with van der Waals surface area (Å²) in [5.41, 5.74) is 0. The molecule has 0 bridgehead atoms. The Bertz CT molecular complexity index is 430. The van der Waals surface area contributed by atoms with Gasteiger partial charge in [-0.25, -0.2) is 4.79 Å². The number of aromatic nitrogens is 2. The largest absolute Gasteiger partial charge is 0.480 e. The zero-order valence-electron chi connectivity index (χ0n) is 8.88. The third-order valence-corrected chi connectivity index (χ3v) is 3.07. The molecule has 0 atom stereocenters. The molecule has 0 aliphatic heterocycles. The maximum absolute atomic E-state index is 11.3. The van der Waals surface area contributed by atoms with E-state index in [2.05, 4.69) is 20.3 Å². The molecule has 0 saturated heterocycles. The molecule has 8 heteroatoms. The molecule has 0 radical (unpaired) electrons. The van der Waals surface area contributed by atoms with Gasteiger partial charge in [0.2, 0.25) is 5.13 Å². The van der Waals surface area contributed by atoms with Crippen molar-refractivity contribution in [2.24, 2.45) is 0 Å². The van der Waals surface area contributed by atoms with Crippen LogP contribution in [0.15, 0.2) is 0 Å². The number of amides is 1. The highest BCUT2D eigenvalue weighted by molar-refractivity contribution is 7.15. The average molecular weight is 257 g/mol. The molecule has 1 saturated carbocycles. The van der Waals surface area contributed by atoms with E-state index in [-0.39, 0.29) is 6.61 Å². The zero-order chi connectivity index (χ0) is 12.3. The minimum atomic E-state index is -1.11. The second kappa shape index (κ2) is 5.19. The first-order valence-corrected chi connectivity index (χ1v) is 5.89. The molecule has 92 valence electrons. The maximum Gasteiger partial charge on any atom is 0.329 e. The Morgan fingerprint density at radius 3 is 2.82 bits per heavy atom. The lowest BCUT2D eigenvalue weighted by Crippen LogP contribution is -2.20. The minimum Gasteiger partial charge on any atom is -0.480 e. The van der Waals surface area contributed by atoms with Crippen molar-refractivity contribution in [2.45, 2.75) is 18.8 Å². The Kier molecular flexibility index (Phi) is 3.64. The summed E-state index contributed by atoms with van der Waals surface area (Å²) in [6.45, 7) is -0.790. The molecule has 7 nitrogen and oxygen atoms in total. The van der Waals surface area contributed by atoms with E-state index < -0.39 is 18.5 Å². The van der Waals surface area contributed by atoms with Crippen molar-refractivity contribution in [2.75, 3.05) is 18.5 Å². The Labute approximate surface area is 101 Å². The number of aliphatic carboxylic acids is 1. The number of carboxylic acid groups (broad SMARTS) is 1. The Morgan fingerprint density at radius 1 is 1.41 bits per heavy atom. The molecule has 0 aromatic carbocycles. The molecule has 0 spiro atoms. The van der Waals surface area contributed by atoms with Gasteiger partial charge in [-0.2, -0.15) is 0 Å². The molecule has 1 aromatic heterocycles. The van der Waals surface area contributed by atoms with Crippen molar-refractivity contribution in [1.29, 1.82) is 0 Å². The molecular formula is C9H11N3O4S. The van der Waals surface area contributed by atoms with E-state index in [9.17, 15) is 9.59 Å². The van der Waals surface area contributed by atoms with Gasteiger partial charge in [0.1, 0.15) is 18.2 Å². The fraction of sp³-hybridized carbons (Fsp3) is 0.556. The predicted molar refractivity (Wildman–Crippen MR) is 59.0 cm³/mol. The van der Waals surface area contributed by atoms with Crippen molar-refractivity contribution in [3.63, 3.8) is 0 Å². The van der Waals surface area contributed by atoms with E-state index in [1.807, 2.05) is 0 Å². The quantitative estimate of drug-likeness (QED) is 0.767. The van der Waals surface area contributed by atoms with Gasteiger partial charge < -0.3 is 9.84 Å². The molecule has 2 N–H and O–H groups in total. The van der Waals surface area contributed by atoms with Gasteiger partial charge in [0.25, 0.3) is 5.91 Å². The lowest BCUT2D eigenvalue weighted by Gasteiger charge is -2.00. The van der Waals surface area contributed by atoms with Crippen LogP contribution in [0.25, 0.3) is 0 Å². The standard InChI is InChI=1S/C9H11N3O4S/c13-6(3-16-4-7(14)15)10-9-12-11-8(17-9)5-1-2-5/h5H,1-4H2,(H,14,15)(H,10,12,13). The third kappa shape index (κ3) is 3.75. The molecule has 0 unspecified atom stereocenters. The molecule has 1 aliphatic rings. The number of nitrogens with zero attached hydrogens (tertiary/aromatic N) is 2. The summed E-state index contributed by atoms with van der Waals surface area (Å²) in [5.74, 6) is -1.03. The van der Waals surface area contributed by atoms with Crippen LogP contribution in [0.3, 0.4) is 0 Å². The van der Waals surface area contributed by atoms with Crippen LogP contribution < -0.4 is 5.32 Å². The normalized spacial score (nSPS) is 14.6. The number of rotatable bonds is 6. The number of anilines is 1. The first kappa shape index (κ1) is 11.9. The molecule has 17 heavy (non-hydrogen) atoms. The second-order valence-electron chi connectivity index (χ2n) is 3.65. The number of hydrogen-bond donors (Lipinski definition) is 2. The fourth-order valence-corrected chi connectivity index (χ4v) is 2.10. The van der Waals surface area contributed by atoms with Gasteiger partial charge in [-0.05, 0) is 12.8 Å². The van der Waals surface area contributed by atoms with Crippen molar-refractivity contribution in [3.8, 4) is 0 Å². The molecule has 1 aliphatic carbocycles. The Balaban J connectivity index is 1.74. The number of carbonyl (C=O) groups excluding carboxylic acids is 1. The monoisotopic (exact) mass is 257 g/mol. The molecule has 1 fully saturated rings. The first-order chi connectivity index (χ1) is 8.15. The summed E-state index contributed by atoms with van der Waals surface area (Å²) in [7, 11) is 0. The van der Waals surface area contributed by atoms with E-state index in [1.165, 1.54) is 11.3 Å². The highest BCUT2D eigenvalue weighted by atomic mass is 32.1. The maximum atomic E-state index is 11.3. The summed E-state index contributed by atoms with van der Waals surface area (Å²) in [6.07, 6.45) is 2.26. The topological polar surface area (TPSA) is 101 Å². The van der Waals surface area contributed by atoms with Crippen molar-refractivity contribution in [1.82, 2.24) is 10.2 Å². The Hall–Kier alpha value is -1.54. The minimum absolute atomic E-state index is 0.301. The third-order valence-electron chi connectivity index (χ3n) is 2.07. The van der Waals surface area contributed by atoms with E-state index >= 15 is 0 Å². The van der Waals surface area contributed by atoms with Crippen molar-refractivity contribution in [3.05, 3.63) is 5.01 Å². The van der Waals surface area contributed by atoms with E-state index in [0.29, 0.717) is 11.0 Å². The van der Waals surface area contributed by atoms with Crippen LogP contribution >= 0.6 is 11.3 Å². The number of ether oxygens (including phenoxy) is 1. The second-order valence-corrected chi connectivity index (χ2v) is 4.66. The molecule has 1 heterocycles. The zero-order valence-corrected chi connectivity index (χ0v) is 9.70. The lowest BCUT2D eigenvalue weighted by molar-refractivity contribution is -0.143. The molecule has 2 rings (SSSR count). The van der Waals surface area contributed by atoms with Gasteiger partial charge in [0.05, 0.1) is 0 Å². The number of nitrogens with one attached hydrogen (secondary N) is 1. The van der Waals surface area contributed by atoms with Crippen molar-refractivity contribution >= 4 is 28.3 Å². The van der Waals surface area contributed by atoms with Crippen molar-refractivity contribution < 1.29 is 19.4 Å². The fourth-order valence-electron chi connectivity index (χ4n) is 1.17. The van der Waals surface area contributed by atoms with E-state index in [0.717, 1.165) is 17.8 Å². The summed E-state index contributed by atoms with van der Waals surface area (Å²) >= 11 is 1.35. The number of carboxylic acids is 1. The van der Waals surface area contributed by atoms with Gasteiger partial charge >= 0.3 is 5.97 Å². The van der Waals surface area contributed by atoms with Crippen LogP contribution in [-0.4, -0.2) is 40.4 Å². The Morgan fingerprint density at radius 2 is 2.18 bits per heavy atom. The molecule has 1 aromatic rings. The molecule has 1 amide bonds. The highest BCUT2D eigenvalue weighted by Crippen LogP contribution is 2.41. The van der Waals surface area contributed by atoms with Gasteiger partial charge in [-0.15, -0.1) is 10.2 Å². The lowest BCUT2D eigenvalue weighted by atomic mass is 10.5. The summed E-state index contributed by atoms with van der Waals surface area (Å²) in [6, 6.07) is 0. The van der Waals surface area contributed by atoms with Gasteiger partial charge in [0, 0.05) is 5.92 Å². The SMILES string of the molecule is O=C(O)COCC(=O)Nc1nnc(C2CC2)s1. The van der Waals surface area contributed by atoms with E-state index in [1.54, 1.807) is 0 Å². The van der Waals surface area contributed by atoms with Crippen LogP contribution in [0, 0.1) is 0 Å². The summed E-state index contributed by atoms with van der Waals surface area (Å²) < 4.78 is 4.64.